The van der Waals surface area contributed by atoms with Crippen LogP contribution in [0, 0.1) is 0 Å². The summed E-state index contributed by atoms with van der Waals surface area (Å²) >= 11 is 0. The average Bonchev–Trinajstić information content (AvgIpc) is 3.80. The van der Waals surface area contributed by atoms with Crippen molar-refractivity contribution in [3.63, 3.8) is 0 Å². The summed E-state index contributed by atoms with van der Waals surface area (Å²) in [6.07, 6.45) is 0. The van der Waals surface area contributed by atoms with E-state index >= 15 is 0 Å². The predicted molar refractivity (Wildman–Crippen MR) is 234 cm³/mol. The second-order valence-corrected chi connectivity index (χ2v) is 16.5. The number of anilines is 3. The number of furan rings is 1. The highest BCUT2D eigenvalue weighted by atomic mass is 16.3. The lowest BCUT2D eigenvalue weighted by Crippen LogP contribution is -2.17. The van der Waals surface area contributed by atoms with Gasteiger partial charge in [0.1, 0.15) is 11.2 Å². The Balaban J connectivity index is 1.15. The fourth-order valence-electron chi connectivity index (χ4n) is 9.83. The molecule has 0 radical (unpaired) electrons. The zero-order chi connectivity index (χ0) is 37.8. The van der Waals surface area contributed by atoms with Crippen molar-refractivity contribution in [1.82, 2.24) is 0 Å². The molecular weight excluding hydrogens is 679 g/mol. The molecule has 0 bridgehead atoms. The van der Waals surface area contributed by atoms with Gasteiger partial charge in [0.05, 0.1) is 0 Å². The molecule has 1 aromatic heterocycles. The van der Waals surface area contributed by atoms with Crippen molar-refractivity contribution in [1.29, 1.82) is 0 Å². The van der Waals surface area contributed by atoms with E-state index in [1.165, 1.54) is 72.1 Å². The summed E-state index contributed by atoms with van der Waals surface area (Å²) in [5.41, 5.74) is 20.3. The van der Waals surface area contributed by atoms with Gasteiger partial charge < -0.3 is 9.32 Å². The normalized spacial score (nSPS) is 14.4. The molecule has 9 aromatic rings. The van der Waals surface area contributed by atoms with Crippen LogP contribution in [0.15, 0.2) is 180 Å². The van der Waals surface area contributed by atoms with Crippen LogP contribution in [-0.2, 0) is 10.8 Å². The summed E-state index contributed by atoms with van der Waals surface area (Å²) in [5, 5.41) is 2.32. The number of para-hydroxylation sites is 1. The van der Waals surface area contributed by atoms with Crippen molar-refractivity contribution in [2.75, 3.05) is 4.90 Å². The Morgan fingerprint density at radius 1 is 0.375 bits per heavy atom. The first-order chi connectivity index (χ1) is 27.3. The summed E-state index contributed by atoms with van der Waals surface area (Å²) in [7, 11) is 0. The maximum atomic E-state index is 6.62. The maximum absolute atomic E-state index is 6.62. The molecule has 11 rings (SSSR count). The molecule has 268 valence electrons. The summed E-state index contributed by atoms with van der Waals surface area (Å²) in [6, 6.07) is 64.5. The molecule has 0 saturated carbocycles. The zero-order valence-corrected chi connectivity index (χ0v) is 32.1. The lowest BCUT2D eigenvalue weighted by molar-refractivity contribution is 0.647. The lowest BCUT2D eigenvalue weighted by atomic mass is 9.81. The van der Waals surface area contributed by atoms with Gasteiger partial charge in [-0.1, -0.05) is 155 Å². The van der Waals surface area contributed by atoms with Crippen LogP contribution in [-0.4, -0.2) is 0 Å². The molecule has 56 heavy (non-hydrogen) atoms. The quantitative estimate of drug-likeness (QED) is 0.176. The minimum absolute atomic E-state index is 0.116. The van der Waals surface area contributed by atoms with Crippen LogP contribution in [0.5, 0.6) is 0 Å². The lowest BCUT2D eigenvalue weighted by Gasteiger charge is -2.29. The Hall–Kier alpha value is -6.64. The van der Waals surface area contributed by atoms with Crippen LogP contribution in [0.1, 0.15) is 49.9 Å². The number of hydrogen-bond donors (Lipinski definition) is 0. The smallest absolute Gasteiger partial charge is 0.136 e. The van der Waals surface area contributed by atoms with Crippen molar-refractivity contribution in [3.05, 3.63) is 198 Å². The molecule has 2 aliphatic rings. The van der Waals surface area contributed by atoms with E-state index in [1.54, 1.807) is 0 Å². The van der Waals surface area contributed by atoms with Crippen molar-refractivity contribution < 1.29 is 4.42 Å². The molecule has 0 N–H and O–H groups in total. The van der Waals surface area contributed by atoms with Crippen LogP contribution in [0.3, 0.4) is 0 Å². The van der Waals surface area contributed by atoms with Crippen LogP contribution < -0.4 is 4.90 Å². The summed E-state index contributed by atoms with van der Waals surface area (Å²) in [4.78, 5) is 2.45. The first-order valence-electron chi connectivity index (χ1n) is 19.7. The van der Waals surface area contributed by atoms with Crippen molar-refractivity contribution in [3.8, 4) is 44.5 Å². The Labute approximate surface area is 328 Å². The minimum Gasteiger partial charge on any atom is -0.456 e. The largest absolute Gasteiger partial charge is 0.456 e. The number of rotatable bonds is 5. The molecule has 0 amide bonds. The second kappa shape index (κ2) is 11.9. The third-order valence-electron chi connectivity index (χ3n) is 12.7. The first-order valence-corrected chi connectivity index (χ1v) is 19.7. The molecule has 8 aromatic carbocycles. The predicted octanol–water partition coefficient (Wildman–Crippen LogP) is 15.0. The van der Waals surface area contributed by atoms with Gasteiger partial charge >= 0.3 is 0 Å². The topological polar surface area (TPSA) is 16.4 Å². The maximum Gasteiger partial charge on any atom is 0.136 e. The van der Waals surface area contributed by atoms with E-state index in [1.807, 2.05) is 0 Å². The summed E-state index contributed by atoms with van der Waals surface area (Å²) in [5.74, 6) is 0. The van der Waals surface area contributed by atoms with E-state index in [0.717, 1.165) is 33.6 Å². The fourth-order valence-corrected chi connectivity index (χ4v) is 9.83. The molecule has 0 unspecified atom stereocenters. The van der Waals surface area contributed by atoms with Gasteiger partial charge in [0, 0.05) is 44.2 Å². The highest BCUT2D eigenvalue weighted by Crippen LogP contribution is 2.57. The van der Waals surface area contributed by atoms with Crippen molar-refractivity contribution in [2.45, 2.75) is 38.5 Å². The SMILES string of the molecule is CC1(C)c2ccccc2-c2ccc(N(c3ccc(-c4ccccc4)cc3)c3ccc4c(c3)-c3c(cc5oc6ccccc6c5c3-c3ccccc3)C4(C)C)cc21. The van der Waals surface area contributed by atoms with Crippen LogP contribution in [0.4, 0.5) is 17.1 Å². The molecule has 1 heterocycles. The molecule has 0 fully saturated rings. The molecule has 0 spiro atoms. The average molecular weight is 720 g/mol. The monoisotopic (exact) mass is 719 g/mol. The highest BCUT2D eigenvalue weighted by Gasteiger charge is 2.40. The van der Waals surface area contributed by atoms with E-state index in [0.29, 0.717) is 0 Å². The van der Waals surface area contributed by atoms with Gasteiger partial charge in [0.25, 0.3) is 0 Å². The van der Waals surface area contributed by atoms with E-state index in [9.17, 15) is 0 Å². The van der Waals surface area contributed by atoms with Gasteiger partial charge in [-0.2, -0.15) is 0 Å². The molecule has 2 heteroatoms. The van der Waals surface area contributed by atoms with Gasteiger partial charge in [-0.3, -0.25) is 0 Å². The van der Waals surface area contributed by atoms with E-state index in [4.69, 9.17) is 4.42 Å². The highest BCUT2D eigenvalue weighted by molar-refractivity contribution is 6.17. The second-order valence-electron chi connectivity index (χ2n) is 16.5. The van der Waals surface area contributed by atoms with E-state index in [-0.39, 0.29) is 10.8 Å². The third kappa shape index (κ3) is 4.69. The van der Waals surface area contributed by atoms with E-state index < -0.39 is 0 Å². The fraction of sp³-hybridized carbons (Fsp3) is 0.111. The third-order valence-corrected chi connectivity index (χ3v) is 12.7. The van der Waals surface area contributed by atoms with Gasteiger partial charge in [0.2, 0.25) is 0 Å². The molecule has 2 aliphatic carbocycles. The van der Waals surface area contributed by atoms with Gasteiger partial charge in [0.15, 0.2) is 0 Å². The molecule has 0 atom stereocenters. The summed E-state index contributed by atoms with van der Waals surface area (Å²) < 4.78 is 6.62. The van der Waals surface area contributed by atoms with Crippen LogP contribution in [0.25, 0.3) is 66.4 Å². The minimum atomic E-state index is -0.231. The number of fused-ring (bicyclic) bond motifs is 9. The van der Waals surface area contributed by atoms with Gasteiger partial charge in [-0.25, -0.2) is 0 Å². The van der Waals surface area contributed by atoms with Crippen LogP contribution >= 0.6 is 0 Å². The Kier molecular flexibility index (Phi) is 6.98. The van der Waals surface area contributed by atoms with Crippen molar-refractivity contribution >= 4 is 39.0 Å². The summed E-state index contributed by atoms with van der Waals surface area (Å²) in [6.45, 7) is 9.45. The standard InChI is InChI=1S/C54H41NO/c1-53(2)44-21-13-11-19-40(44)41-29-27-39(32-46(41)53)55(37-25-23-35(24-26-37)34-15-7-5-8-16-34)38-28-30-45-43(31-38)51-47(54(45,3)4)33-49-52(42-20-12-14-22-48(42)56-49)50(51)36-17-9-6-10-18-36/h5-33H,1-4H3. The zero-order valence-electron chi connectivity index (χ0n) is 32.1. The van der Waals surface area contributed by atoms with Gasteiger partial charge in [-0.15, -0.1) is 0 Å². The Morgan fingerprint density at radius 2 is 0.946 bits per heavy atom. The van der Waals surface area contributed by atoms with Gasteiger partial charge in [-0.05, 0) is 110 Å². The first kappa shape index (κ1) is 32.8. The molecular formula is C54H41NO. The number of benzene rings is 8. The number of hydrogen-bond acceptors (Lipinski definition) is 2. The Morgan fingerprint density at radius 3 is 1.73 bits per heavy atom. The van der Waals surface area contributed by atoms with Crippen molar-refractivity contribution in [2.24, 2.45) is 0 Å². The number of nitrogens with zero attached hydrogens (tertiary/aromatic N) is 1. The van der Waals surface area contributed by atoms with E-state index in [2.05, 4.69) is 209 Å². The molecule has 0 aliphatic heterocycles. The Bertz CT molecular complexity index is 3000. The molecule has 2 nitrogen and oxygen atoms in total. The van der Waals surface area contributed by atoms with Crippen LogP contribution in [0.2, 0.25) is 0 Å². The molecule has 0 saturated heterocycles.